The van der Waals surface area contributed by atoms with E-state index in [1.54, 1.807) is 19.2 Å². The Morgan fingerprint density at radius 1 is 1.27 bits per heavy atom. The van der Waals surface area contributed by atoms with Gasteiger partial charge in [0.1, 0.15) is 5.82 Å². The number of hydrogen-bond donors (Lipinski definition) is 3. The average Bonchev–Trinajstić information content (AvgIpc) is 2.73. The number of methoxy groups -OCH3 is 1. The molecule has 0 unspecified atom stereocenters. The van der Waals surface area contributed by atoms with Gasteiger partial charge in [-0.2, -0.15) is 0 Å². The van der Waals surface area contributed by atoms with Crippen LogP contribution in [-0.4, -0.2) is 48.8 Å². The van der Waals surface area contributed by atoms with Crippen molar-refractivity contribution < 1.29 is 9.84 Å². The van der Waals surface area contributed by atoms with Crippen LogP contribution in [-0.2, 0) is 6.54 Å². The maximum Gasteiger partial charge on any atom is 0.191 e. The number of halogens is 1. The minimum atomic E-state index is 0. The van der Waals surface area contributed by atoms with Gasteiger partial charge in [0, 0.05) is 31.4 Å². The number of anilines is 1. The first-order valence-electron chi connectivity index (χ1n) is 10.2. The number of phenolic OH excluding ortho intramolecular Hbond substituents is 1. The van der Waals surface area contributed by atoms with Crippen molar-refractivity contribution >= 4 is 35.8 Å². The number of benzene rings is 1. The quantitative estimate of drug-likeness (QED) is 0.305. The van der Waals surface area contributed by atoms with E-state index >= 15 is 0 Å². The van der Waals surface area contributed by atoms with Crippen LogP contribution in [0.25, 0.3) is 0 Å². The first-order valence-corrected chi connectivity index (χ1v) is 10.2. The molecule has 0 bridgehead atoms. The fourth-order valence-electron chi connectivity index (χ4n) is 3.48. The molecule has 1 aliphatic rings. The summed E-state index contributed by atoms with van der Waals surface area (Å²) >= 11 is 0. The highest BCUT2D eigenvalue weighted by Gasteiger charge is 2.21. The van der Waals surface area contributed by atoms with E-state index in [-0.39, 0.29) is 29.7 Å². The Kier molecular flexibility index (Phi) is 9.48. The normalized spacial score (nSPS) is 14.8. The monoisotopic (exact) mass is 525 g/mol. The van der Waals surface area contributed by atoms with Crippen molar-refractivity contribution in [2.45, 2.75) is 39.3 Å². The van der Waals surface area contributed by atoms with Crippen molar-refractivity contribution in [3.63, 3.8) is 0 Å². The van der Waals surface area contributed by atoms with Gasteiger partial charge in [-0.05, 0) is 56.5 Å². The van der Waals surface area contributed by atoms with Gasteiger partial charge in [0.15, 0.2) is 17.5 Å². The summed E-state index contributed by atoms with van der Waals surface area (Å²) in [6.45, 7) is 7.31. The number of nitrogens with one attached hydrogen (secondary N) is 2. The minimum absolute atomic E-state index is 0. The van der Waals surface area contributed by atoms with Gasteiger partial charge < -0.3 is 25.4 Å². The molecule has 0 saturated carbocycles. The van der Waals surface area contributed by atoms with Gasteiger partial charge in [-0.1, -0.05) is 12.1 Å². The number of guanidine groups is 1. The number of aliphatic imine (C=N–C) groups is 1. The Hall–Kier alpha value is -2.23. The molecule has 1 fully saturated rings. The number of hydrogen-bond acceptors (Lipinski definition) is 5. The van der Waals surface area contributed by atoms with Gasteiger partial charge >= 0.3 is 0 Å². The summed E-state index contributed by atoms with van der Waals surface area (Å²) in [6.07, 6.45) is 2.06. The molecular formula is C22H32IN5O2. The fourth-order valence-corrected chi connectivity index (χ4v) is 3.48. The number of aromatic nitrogens is 1. The molecule has 2 aromatic rings. The van der Waals surface area contributed by atoms with E-state index in [4.69, 9.17) is 4.74 Å². The number of aromatic hydroxyl groups is 1. The lowest BCUT2D eigenvalue weighted by atomic mass is 10.1. The van der Waals surface area contributed by atoms with Crippen molar-refractivity contribution in [2.75, 3.05) is 31.6 Å². The van der Waals surface area contributed by atoms with Gasteiger partial charge in [-0.25, -0.2) is 9.98 Å². The predicted molar refractivity (Wildman–Crippen MR) is 132 cm³/mol. The Morgan fingerprint density at radius 2 is 2.03 bits per heavy atom. The molecule has 3 rings (SSSR count). The topological polar surface area (TPSA) is 82.0 Å². The molecule has 1 aromatic heterocycles. The second kappa shape index (κ2) is 11.8. The fraction of sp³-hybridized carbons (Fsp3) is 0.455. The summed E-state index contributed by atoms with van der Waals surface area (Å²) in [6, 6.07) is 11.9. The van der Waals surface area contributed by atoms with Crippen LogP contribution in [0.5, 0.6) is 11.5 Å². The minimum Gasteiger partial charge on any atom is -0.504 e. The molecule has 3 N–H and O–H groups in total. The van der Waals surface area contributed by atoms with Crippen LogP contribution in [0.1, 0.15) is 31.0 Å². The third-order valence-electron chi connectivity index (χ3n) is 5.04. The zero-order valence-electron chi connectivity index (χ0n) is 17.9. The highest BCUT2D eigenvalue weighted by Crippen LogP contribution is 2.26. The van der Waals surface area contributed by atoms with Crippen LogP contribution in [0.3, 0.4) is 0 Å². The number of rotatable bonds is 6. The van der Waals surface area contributed by atoms with Crippen LogP contribution in [0.15, 0.2) is 41.4 Å². The zero-order chi connectivity index (χ0) is 20.6. The van der Waals surface area contributed by atoms with Crippen LogP contribution in [0.2, 0.25) is 0 Å². The molecule has 0 amide bonds. The summed E-state index contributed by atoms with van der Waals surface area (Å²) < 4.78 is 5.09. The number of pyridine rings is 1. The van der Waals surface area contributed by atoms with E-state index in [1.807, 2.05) is 19.1 Å². The standard InChI is InChI=1S/C22H31N5O2.HI/c1-4-23-22(24-15-17-8-9-20(29-3)19(28)14-17)26-18-10-12-27(13-11-18)21-7-5-6-16(2)25-21;/h5-9,14,18,28H,4,10-13,15H2,1-3H3,(H2,23,24,26);1H. The summed E-state index contributed by atoms with van der Waals surface area (Å²) in [7, 11) is 1.54. The number of aryl methyl sites for hydroxylation is 1. The highest BCUT2D eigenvalue weighted by molar-refractivity contribution is 14.0. The maximum absolute atomic E-state index is 9.94. The lowest BCUT2D eigenvalue weighted by molar-refractivity contribution is 0.373. The first kappa shape index (κ1) is 24.0. The molecule has 0 spiro atoms. The summed E-state index contributed by atoms with van der Waals surface area (Å²) in [5.74, 6) is 2.46. The Balaban J connectivity index is 0.00000320. The van der Waals surface area contributed by atoms with Crippen molar-refractivity contribution in [1.82, 2.24) is 15.6 Å². The van der Waals surface area contributed by atoms with Crippen molar-refractivity contribution in [1.29, 1.82) is 0 Å². The lowest BCUT2D eigenvalue weighted by Crippen LogP contribution is -2.48. The SMILES string of the molecule is CCNC(=NCc1ccc(OC)c(O)c1)NC1CCN(c2cccc(C)n2)CC1.I. The van der Waals surface area contributed by atoms with Gasteiger partial charge in [-0.15, -0.1) is 24.0 Å². The molecule has 2 heterocycles. The molecule has 0 aliphatic carbocycles. The number of piperidine rings is 1. The van der Waals surface area contributed by atoms with Gasteiger partial charge in [0.05, 0.1) is 13.7 Å². The molecule has 1 saturated heterocycles. The summed E-state index contributed by atoms with van der Waals surface area (Å²) in [5.41, 5.74) is 1.98. The molecule has 1 aliphatic heterocycles. The highest BCUT2D eigenvalue weighted by atomic mass is 127. The lowest BCUT2D eigenvalue weighted by Gasteiger charge is -2.34. The predicted octanol–water partition coefficient (Wildman–Crippen LogP) is 3.45. The van der Waals surface area contributed by atoms with Crippen LogP contribution < -0.4 is 20.3 Å². The summed E-state index contributed by atoms with van der Waals surface area (Å²) in [4.78, 5) is 11.7. The Morgan fingerprint density at radius 3 is 2.67 bits per heavy atom. The largest absolute Gasteiger partial charge is 0.504 e. The van der Waals surface area contributed by atoms with E-state index in [9.17, 15) is 5.11 Å². The molecule has 0 radical (unpaired) electrons. The second-order valence-corrected chi connectivity index (χ2v) is 7.24. The number of nitrogens with zero attached hydrogens (tertiary/aromatic N) is 3. The van der Waals surface area contributed by atoms with Crippen LogP contribution >= 0.6 is 24.0 Å². The van der Waals surface area contributed by atoms with Gasteiger partial charge in [0.2, 0.25) is 0 Å². The van der Waals surface area contributed by atoms with Crippen molar-refractivity contribution in [3.8, 4) is 11.5 Å². The molecule has 7 nitrogen and oxygen atoms in total. The number of ether oxygens (including phenoxy) is 1. The van der Waals surface area contributed by atoms with E-state index in [1.165, 1.54) is 0 Å². The van der Waals surface area contributed by atoms with Crippen molar-refractivity contribution in [3.05, 3.63) is 47.7 Å². The van der Waals surface area contributed by atoms with Gasteiger partial charge in [0.25, 0.3) is 0 Å². The molecule has 8 heteroatoms. The third kappa shape index (κ3) is 6.65. The molecule has 30 heavy (non-hydrogen) atoms. The molecule has 164 valence electrons. The average molecular weight is 525 g/mol. The number of phenols is 1. The third-order valence-corrected chi connectivity index (χ3v) is 5.04. The van der Waals surface area contributed by atoms with E-state index in [0.29, 0.717) is 18.3 Å². The smallest absolute Gasteiger partial charge is 0.191 e. The van der Waals surface area contributed by atoms with E-state index < -0.39 is 0 Å². The van der Waals surface area contributed by atoms with Gasteiger partial charge in [-0.3, -0.25) is 0 Å². The van der Waals surface area contributed by atoms with E-state index in [2.05, 4.69) is 44.6 Å². The Labute approximate surface area is 196 Å². The Bertz CT molecular complexity index is 838. The molecule has 1 aromatic carbocycles. The van der Waals surface area contributed by atoms with Crippen molar-refractivity contribution in [2.24, 2.45) is 4.99 Å². The molecular weight excluding hydrogens is 493 g/mol. The summed E-state index contributed by atoms with van der Waals surface area (Å²) in [5, 5.41) is 16.8. The van der Waals surface area contributed by atoms with E-state index in [0.717, 1.165) is 55.5 Å². The molecule has 0 atom stereocenters. The van der Waals surface area contributed by atoms with Crippen LogP contribution in [0, 0.1) is 6.92 Å². The van der Waals surface area contributed by atoms with Crippen LogP contribution in [0.4, 0.5) is 5.82 Å². The second-order valence-electron chi connectivity index (χ2n) is 7.24. The maximum atomic E-state index is 9.94. The first-order chi connectivity index (χ1) is 14.1. The zero-order valence-corrected chi connectivity index (χ0v) is 20.2.